The van der Waals surface area contributed by atoms with Crippen molar-refractivity contribution in [3.8, 4) is 11.5 Å². The molecule has 100 valence electrons. The highest BCUT2D eigenvalue weighted by molar-refractivity contribution is 5.95. The van der Waals surface area contributed by atoms with Crippen LogP contribution in [0.3, 0.4) is 0 Å². The molecule has 18 heavy (non-hydrogen) atoms. The van der Waals surface area contributed by atoms with Crippen LogP contribution < -0.4 is 9.47 Å². The van der Waals surface area contributed by atoms with E-state index in [-0.39, 0.29) is 11.5 Å². The number of rotatable bonds is 6. The second kappa shape index (κ2) is 6.86. The monoisotopic (exact) mass is 254 g/mol. The summed E-state index contributed by atoms with van der Waals surface area (Å²) in [5.41, 5.74) is 0.214. The van der Waals surface area contributed by atoms with Crippen LogP contribution in [0.25, 0.3) is 0 Å². The summed E-state index contributed by atoms with van der Waals surface area (Å²) in [4.78, 5) is 21.5. The summed E-state index contributed by atoms with van der Waals surface area (Å²) in [6, 6.07) is 5.03. The van der Waals surface area contributed by atoms with E-state index in [2.05, 4.69) is 0 Å². The molecule has 0 aromatic heterocycles. The van der Waals surface area contributed by atoms with Crippen molar-refractivity contribution >= 4 is 5.97 Å². The van der Waals surface area contributed by atoms with Gasteiger partial charge >= 0.3 is 5.97 Å². The number of methoxy groups -OCH3 is 2. The summed E-state index contributed by atoms with van der Waals surface area (Å²) in [5, 5.41) is 0. The highest BCUT2D eigenvalue weighted by Gasteiger charge is 2.20. The van der Waals surface area contributed by atoms with Crippen LogP contribution in [0.15, 0.2) is 18.2 Å². The summed E-state index contributed by atoms with van der Waals surface area (Å²) in [6.07, 6.45) is 0. The molecule has 0 aliphatic rings. The van der Waals surface area contributed by atoms with Crippen LogP contribution in [0.1, 0.15) is 24.2 Å². The zero-order valence-corrected chi connectivity index (χ0v) is 11.1. The maximum absolute atomic E-state index is 11.9. The van der Waals surface area contributed by atoms with Crippen LogP contribution >= 0.6 is 0 Å². The zero-order chi connectivity index (χ0) is 13.5. The van der Waals surface area contributed by atoms with Gasteiger partial charge in [0, 0.05) is 0 Å². The van der Waals surface area contributed by atoms with Gasteiger partial charge in [-0.25, -0.2) is 4.79 Å². The number of carbonyl (C=O) groups is 1. The quantitative estimate of drug-likeness (QED) is 0.576. The highest BCUT2D eigenvalue weighted by atomic mass is 17.2. The Balaban J connectivity index is 2.83. The Labute approximate surface area is 107 Å². The molecule has 0 aliphatic heterocycles. The first-order valence-electron chi connectivity index (χ1n) is 5.65. The van der Waals surface area contributed by atoms with E-state index in [1.165, 1.54) is 14.2 Å². The molecule has 0 saturated heterocycles. The molecule has 1 rings (SSSR count). The minimum atomic E-state index is -0.634. The maximum Gasteiger partial charge on any atom is 0.380 e. The van der Waals surface area contributed by atoms with Crippen LogP contribution in [0.5, 0.6) is 11.5 Å². The van der Waals surface area contributed by atoms with Gasteiger partial charge in [0.25, 0.3) is 0 Å². The standard InChI is InChI=1S/C13H18O5/c1-9(2)8-17-18-13(14)12-10(15-3)6-5-7-11(12)16-4/h5-7,9H,8H2,1-4H3. The fourth-order valence-corrected chi connectivity index (χ4v) is 1.32. The number of carbonyl (C=O) groups excluding carboxylic acids is 1. The predicted octanol–water partition coefficient (Wildman–Crippen LogP) is 2.45. The largest absolute Gasteiger partial charge is 0.496 e. The van der Waals surface area contributed by atoms with Crippen molar-refractivity contribution < 1.29 is 24.0 Å². The van der Waals surface area contributed by atoms with Crippen molar-refractivity contribution in [2.75, 3.05) is 20.8 Å². The van der Waals surface area contributed by atoms with Gasteiger partial charge in [-0.3, -0.25) is 4.89 Å². The summed E-state index contributed by atoms with van der Waals surface area (Å²) in [7, 11) is 2.95. The molecule has 0 bridgehead atoms. The van der Waals surface area contributed by atoms with Crippen molar-refractivity contribution in [3.63, 3.8) is 0 Å². The molecule has 0 N–H and O–H groups in total. The molecule has 0 spiro atoms. The van der Waals surface area contributed by atoms with Crippen LogP contribution in [0, 0.1) is 5.92 Å². The molecule has 1 aromatic rings. The van der Waals surface area contributed by atoms with E-state index in [0.29, 0.717) is 18.1 Å². The van der Waals surface area contributed by atoms with Crippen molar-refractivity contribution in [2.45, 2.75) is 13.8 Å². The average Bonchev–Trinajstić information content (AvgIpc) is 2.36. The van der Waals surface area contributed by atoms with Gasteiger partial charge < -0.3 is 9.47 Å². The summed E-state index contributed by atoms with van der Waals surface area (Å²) < 4.78 is 10.2. The normalized spacial score (nSPS) is 10.3. The summed E-state index contributed by atoms with van der Waals surface area (Å²) in [5.74, 6) is 0.405. The Kier molecular flexibility index (Phi) is 5.45. The van der Waals surface area contributed by atoms with Crippen molar-refractivity contribution in [1.29, 1.82) is 0 Å². The number of benzene rings is 1. The van der Waals surface area contributed by atoms with E-state index in [1.54, 1.807) is 18.2 Å². The third kappa shape index (κ3) is 3.63. The number of hydrogen-bond acceptors (Lipinski definition) is 5. The number of hydrogen-bond donors (Lipinski definition) is 0. The lowest BCUT2D eigenvalue weighted by atomic mass is 10.2. The first kappa shape index (κ1) is 14.3. The molecule has 5 nitrogen and oxygen atoms in total. The van der Waals surface area contributed by atoms with Gasteiger partial charge in [0.2, 0.25) is 0 Å². The fourth-order valence-electron chi connectivity index (χ4n) is 1.32. The molecule has 1 aromatic carbocycles. The summed E-state index contributed by atoms with van der Waals surface area (Å²) in [6.45, 7) is 4.25. The van der Waals surface area contributed by atoms with E-state index in [1.807, 2.05) is 13.8 Å². The first-order valence-corrected chi connectivity index (χ1v) is 5.65. The first-order chi connectivity index (χ1) is 8.60. The van der Waals surface area contributed by atoms with Gasteiger partial charge in [-0.15, -0.1) is 0 Å². The Hall–Kier alpha value is -1.75. The third-order valence-electron chi connectivity index (χ3n) is 2.17. The van der Waals surface area contributed by atoms with Gasteiger partial charge in [-0.1, -0.05) is 19.9 Å². The van der Waals surface area contributed by atoms with Crippen LogP contribution in [0.2, 0.25) is 0 Å². The molecule has 0 fully saturated rings. The van der Waals surface area contributed by atoms with E-state index in [0.717, 1.165) is 0 Å². The highest BCUT2D eigenvalue weighted by Crippen LogP contribution is 2.28. The maximum atomic E-state index is 11.9. The van der Waals surface area contributed by atoms with E-state index < -0.39 is 5.97 Å². The predicted molar refractivity (Wildman–Crippen MR) is 65.8 cm³/mol. The summed E-state index contributed by atoms with van der Waals surface area (Å²) >= 11 is 0. The molecule has 0 heterocycles. The molecule has 0 radical (unpaired) electrons. The molecule has 0 amide bonds. The lowest BCUT2D eigenvalue weighted by Gasteiger charge is -2.11. The lowest BCUT2D eigenvalue weighted by Crippen LogP contribution is -2.12. The lowest BCUT2D eigenvalue weighted by molar-refractivity contribution is -0.247. The van der Waals surface area contributed by atoms with Gasteiger partial charge in [-0.05, 0) is 18.1 Å². The molecule has 0 atom stereocenters. The Morgan fingerprint density at radius 1 is 1.17 bits per heavy atom. The van der Waals surface area contributed by atoms with Gasteiger partial charge in [0.1, 0.15) is 17.1 Å². The van der Waals surface area contributed by atoms with E-state index in [4.69, 9.17) is 19.2 Å². The van der Waals surface area contributed by atoms with E-state index >= 15 is 0 Å². The molecule has 5 heteroatoms. The molecule has 0 aliphatic carbocycles. The second-order valence-corrected chi connectivity index (χ2v) is 4.09. The molecule has 0 unspecified atom stereocenters. The van der Waals surface area contributed by atoms with Crippen molar-refractivity contribution in [3.05, 3.63) is 23.8 Å². The topological polar surface area (TPSA) is 54.0 Å². The Bertz CT molecular complexity index is 378. The minimum Gasteiger partial charge on any atom is -0.496 e. The van der Waals surface area contributed by atoms with Crippen LogP contribution in [-0.4, -0.2) is 26.8 Å². The van der Waals surface area contributed by atoms with Crippen molar-refractivity contribution in [2.24, 2.45) is 5.92 Å². The molecular weight excluding hydrogens is 236 g/mol. The SMILES string of the molecule is COc1cccc(OC)c1C(=O)OOCC(C)C. The zero-order valence-electron chi connectivity index (χ0n) is 11.1. The fraction of sp³-hybridized carbons (Fsp3) is 0.462. The van der Waals surface area contributed by atoms with Crippen LogP contribution in [-0.2, 0) is 9.78 Å². The third-order valence-corrected chi connectivity index (χ3v) is 2.17. The Morgan fingerprint density at radius 3 is 2.17 bits per heavy atom. The minimum absolute atomic E-state index is 0.214. The smallest absolute Gasteiger partial charge is 0.380 e. The van der Waals surface area contributed by atoms with Gasteiger partial charge in [0.15, 0.2) is 0 Å². The van der Waals surface area contributed by atoms with Gasteiger partial charge in [0.05, 0.1) is 20.8 Å². The van der Waals surface area contributed by atoms with Crippen LogP contribution in [0.4, 0.5) is 0 Å². The molecular formula is C13H18O5. The van der Waals surface area contributed by atoms with Crippen molar-refractivity contribution in [1.82, 2.24) is 0 Å². The molecule has 0 saturated carbocycles. The van der Waals surface area contributed by atoms with E-state index in [9.17, 15) is 4.79 Å². The number of ether oxygens (including phenoxy) is 2. The van der Waals surface area contributed by atoms with Gasteiger partial charge in [-0.2, -0.15) is 4.89 Å². The Morgan fingerprint density at radius 2 is 1.72 bits per heavy atom. The second-order valence-electron chi connectivity index (χ2n) is 4.09. The average molecular weight is 254 g/mol.